The van der Waals surface area contributed by atoms with E-state index >= 15 is 0 Å². The number of carbonyl (C=O) groups is 1. The van der Waals surface area contributed by atoms with Gasteiger partial charge in [0.05, 0.1) is 10.9 Å². The van der Waals surface area contributed by atoms with Gasteiger partial charge in [0.1, 0.15) is 0 Å². The fraction of sp³-hybridized carbons (Fsp3) is 0.562. The minimum absolute atomic E-state index is 0. The predicted octanol–water partition coefficient (Wildman–Crippen LogP) is 1.49. The number of benzene rings is 1. The van der Waals surface area contributed by atoms with Gasteiger partial charge in [-0.25, -0.2) is 13.1 Å². The van der Waals surface area contributed by atoms with E-state index in [-0.39, 0.29) is 29.1 Å². The molecule has 7 nitrogen and oxygen atoms in total. The van der Waals surface area contributed by atoms with Gasteiger partial charge in [-0.2, -0.15) is 0 Å². The van der Waals surface area contributed by atoms with Gasteiger partial charge in [0.25, 0.3) is 0 Å². The summed E-state index contributed by atoms with van der Waals surface area (Å²) in [4.78, 5) is 12.4. The maximum atomic E-state index is 12.2. The predicted molar refractivity (Wildman–Crippen MR) is 99.3 cm³/mol. The number of nitrogens with two attached hydrogens (primary N) is 1. The van der Waals surface area contributed by atoms with Crippen molar-refractivity contribution in [3.8, 4) is 0 Å². The molecule has 0 aromatic heterocycles. The standard InChI is InChI=1S/C16H25N3O4S.ClH/c1-2-9-18-24(21,22)14-5-3-13(4-6-14)19-16(20)15(17)12-7-10-23-11-8-12;/h3-6,12,15,18H,2,7-11,17H2,1H3,(H,19,20);1H. The van der Waals surface area contributed by atoms with Gasteiger partial charge in [-0.05, 0) is 49.4 Å². The van der Waals surface area contributed by atoms with Crippen molar-refractivity contribution in [2.45, 2.75) is 37.1 Å². The lowest BCUT2D eigenvalue weighted by Gasteiger charge is -2.26. The topological polar surface area (TPSA) is 111 Å². The molecule has 1 heterocycles. The van der Waals surface area contributed by atoms with Gasteiger partial charge in [0, 0.05) is 25.4 Å². The second kappa shape index (κ2) is 10.1. The Bertz CT molecular complexity index is 646. The van der Waals surface area contributed by atoms with Crippen molar-refractivity contribution in [3.05, 3.63) is 24.3 Å². The number of amides is 1. The van der Waals surface area contributed by atoms with Gasteiger partial charge in [0.15, 0.2) is 0 Å². The summed E-state index contributed by atoms with van der Waals surface area (Å²) >= 11 is 0. The number of hydrogen-bond acceptors (Lipinski definition) is 5. The van der Waals surface area contributed by atoms with E-state index in [9.17, 15) is 13.2 Å². The first-order chi connectivity index (χ1) is 11.4. The Hall–Kier alpha value is -1.19. The van der Waals surface area contributed by atoms with Crippen LogP contribution in [0.25, 0.3) is 0 Å². The summed E-state index contributed by atoms with van der Waals surface area (Å²) in [5.74, 6) is -0.154. The summed E-state index contributed by atoms with van der Waals surface area (Å²) in [5.41, 5.74) is 6.55. The largest absolute Gasteiger partial charge is 0.381 e. The van der Waals surface area contributed by atoms with Crippen LogP contribution in [0.1, 0.15) is 26.2 Å². The van der Waals surface area contributed by atoms with E-state index < -0.39 is 16.1 Å². The molecule has 9 heteroatoms. The third kappa shape index (κ3) is 6.23. The van der Waals surface area contributed by atoms with E-state index in [1.165, 1.54) is 12.1 Å². The second-order valence-corrected chi connectivity index (χ2v) is 7.65. The zero-order valence-electron chi connectivity index (χ0n) is 14.2. The monoisotopic (exact) mass is 391 g/mol. The van der Waals surface area contributed by atoms with E-state index in [1.807, 2.05) is 6.92 Å². The fourth-order valence-electron chi connectivity index (χ4n) is 2.55. The van der Waals surface area contributed by atoms with Crippen molar-refractivity contribution in [1.29, 1.82) is 0 Å². The zero-order chi connectivity index (χ0) is 17.6. The maximum Gasteiger partial charge on any atom is 0.241 e. The molecule has 0 bridgehead atoms. The van der Waals surface area contributed by atoms with Gasteiger partial charge in [-0.3, -0.25) is 4.79 Å². The highest BCUT2D eigenvalue weighted by Crippen LogP contribution is 2.19. The molecule has 25 heavy (non-hydrogen) atoms. The van der Waals surface area contributed by atoms with E-state index in [1.54, 1.807) is 12.1 Å². The first-order valence-corrected chi connectivity index (χ1v) is 9.66. The van der Waals surface area contributed by atoms with Crippen LogP contribution in [0.3, 0.4) is 0 Å². The molecular weight excluding hydrogens is 366 g/mol. The van der Waals surface area contributed by atoms with Crippen LogP contribution in [0, 0.1) is 5.92 Å². The molecule has 1 amide bonds. The quantitative estimate of drug-likeness (QED) is 0.652. The summed E-state index contributed by atoms with van der Waals surface area (Å²) in [7, 11) is -3.50. The lowest BCUT2D eigenvalue weighted by atomic mass is 9.92. The SMILES string of the molecule is CCCNS(=O)(=O)c1ccc(NC(=O)C(N)C2CCOCC2)cc1.Cl. The average molecular weight is 392 g/mol. The third-order valence-electron chi connectivity index (χ3n) is 4.05. The fourth-order valence-corrected chi connectivity index (χ4v) is 3.69. The van der Waals surface area contributed by atoms with Crippen LogP contribution in [0.5, 0.6) is 0 Å². The normalized spacial score (nSPS) is 16.7. The molecule has 0 saturated carbocycles. The molecule has 1 saturated heterocycles. The van der Waals surface area contributed by atoms with Crippen LogP contribution in [-0.2, 0) is 19.6 Å². The van der Waals surface area contributed by atoms with Crippen molar-refractivity contribution in [1.82, 2.24) is 4.72 Å². The Morgan fingerprint density at radius 3 is 2.44 bits per heavy atom. The molecular formula is C16H26ClN3O4S. The number of halogens is 1. The Morgan fingerprint density at radius 2 is 1.88 bits per heavy atom. The minimum atomic E-state index is -3.50. The number of ether oxygens (including phenoxy) is 1. The summed E-state index contributed by atoms with van der Waals surface area (Å²) in [6.45, 7) is 3.54. The van der Waals surface area contributed by atoms with E-state index in [0.29, 0.717) is 25.4 Å². The van der Waals surface area contributed by atoms with E-state index in [4.69, 9.17) is 10.5 Å². The molecule has 1 atom stereocenters. The Kier molecular flexibility index (Phi) is 8.81. The van der Waals surface area contributed by atoms with Gasteiger partial charge in [-0.1, -0.05) is 6.92 Å². The van der Waals surface area contributed by atoms with Crippen molar-refractivity contribution >= 4 is 34.0 Å². The van der Waals surface area contributed by atoms with E-state index in [2.05, 4.69) is 10.0 Å². The molecule has 1 unspecified atom stereocenters. The van der Waals surface area contributed by atoms with Crippen LogP contribution in [0.4, 0.5) is 5.69 Å². The second-order valence-electron chi connectivity index (χ2n) is 5.89. The van der Waals surface area contributed by atoms with Crippen LogP contribution < -0.4 is 15.8 Å². The van der Waals surface area contributed by atoms with Crippen LogP contribution >= 0.6 is 12.4 Å². The number of nitrogens with one attached hydrogen (secondary N) is 2. The molecule has 1 aliphatic heterocycles. The van der Waals surface area contributed by atoms with Crippen LogP contribution in [-0.4, -0.2) is 40.1 Å². The van der Waals surface area contributed by atoms with Crippen molar-refractivity contribution in [3.63, 3.8) is 0 Å². The highest BCUT2D eigenvalue weighted by molar-refractivity contribution is 7.89. The first-order valence-electron chi connectivity index (χ1n) is 8.18. The maximum absolute atomic E-state index is 12.2. The summed E-state index contributed by atoms with van der Waals surface area (Å²) in [6, 6.07) is 5.47. The summed E-state index contributed by atoms with van der Waals surface area (Å²) < 4.78 is 31.8. The molecule has 1 fully saturated rings. The summed E-state index contributed by atoms with van der Waals surface area (Å²) in [6.07, 6.45) is 2.27. The highest BCUT2D eigenvalue weighted by atomic mass is 35.5. The number of hydrogen-bond donors (Lipinski definition) is 3. The number of anilines is 1. The molecule has 0 spiro atoms. The zero-order valence-corrected chi connectivity index (χ0v) is 15.9. The number of rotatable bonds is 7. The van der Waals surface area contributed by atoms with Crippen LogP contribution in [0.15, 0.2) is 29.2 Å². The first kappa shape index (κ1) is 21.9. The number of carbonyl (C=O) groups excluding carboxylic acids is 1. The Morgan fingerprint density at radius 1 is 1.28 bits per heavy atom. The van der Waals surface area contributed by atoms with Crippen LogP contribution in [0.2, 0.25) is 0 Å². The molecule has 0 aliphatic carbocycles. The van der Waals surface area contributed by atoms with Crippen molar-refractivity contribution < 1.29 is 17.9 Å². The molecule has 1 aliphatic rings. The van der Waals surface area contributed by atoms with Gasteiger partial charge in [0.2, 0.25) is 15.9 Å². The smallest absolute Gasteiger partial charge is 0.241 e. The third-order valence-corrected chi connectivity index (χ3v) is 5.53. The molecule has 0 radical (unpaired) electrons. The Balaban J connectivity index is 0.00000312. The number of sulfonamides is 1. The lowest BCUT2D eigenvalue weighted by molar-refractivity contribution is -0.119. The lowest BCUT2D eigenvalue weighted by Crippen LogP contribution is -2.44. The van der Waals surface area contributed by atoms with Gasteiger partial charge >= 0.3 is 0 Å². The molecule has 142 valence electrons. The minimum Gasteiger partial charge on any atom is -0.381 e. The molecule has 2 rings (SSSR count). The van der Waals surface area contributed by atoms with E-state index in [0.717, 1.165) is 19.3 Å². The Labute approximate surface area is 155 Å². The molecule has 4 N–H and O–H groups in total. The highest BCUT2D eigenvalue weighted by Gasteiger charge is 2.26. The van der Waals surface area contributed by atoms with Crippen molar-refractivity contribution in [2.24, 2.45) is 11.7 Å². The average Bonchev–Trinajstić information content (AvgIpc) is 2.60. The molecule has 1 aromatic rings. The van der Waals surface area contributed by atoms with Gasteiger partial charge < -0.3 is 15.8 Å². The molecule has 1 aromatic carbocycles. The van der Waals surface area contributed by atoms with Gasteiger partial charge in [-0.15, -0.1) is 12.4 Å². The summed E-state index contributed by atoms with van der Waals surface area (Å²) in [5, 5.41) is 2.74. The van der Waals surface area contributed by atoms with Crippen molar-refractivity contribution in [2.75, 3.05) is 25.1 Å².